The van der Waals surface area contributed by atoms with Gasteiger partial charge in [0.1, 0.15) is 0 Å². The van der Waals surface area contributed by atoms with Crippen molar-refractivity contribution in [2.45, 2.75) is 16.8 Å². The predicted molar refractivity (Wildman–Crippen MR) is 71.9 cm³/mol. The Labute approximate surface area is 99.9 Å². The maximum Gasteiger partial charge on any atom is 0.0825 e. The van der Waals surface area contributed by atoms with Crippen LogP contribution in [0.4, 0.5) is 0 Å². The van der Waals surface area contributed by atoms with E-state index in [0.29, 0.717) is 0 Å². The molecule has 0 nitrogen and oxygen atoms in total. The molecule has 0 aromatic heterocycles. The van der Waals surface area contributed by atoms with Gasteiger partial charge < -0.3 is 0 Å². The maximum atomic E-state index is 3.84. The molecule has 74 valence electrons. The Morgan fingerprint density at radius 3 is 2.07 bits per heavy atom. The zero-order valence-corrected chi connectivity index (χ0v) is 10.6. The average Bonchev–Trinajstić information content (AvgIpc) is 2.28. The second-order valence-electron chi connectivity index (χ2n) is 3.23. The summed E-state index contributed by atoms with van der Waals surface area (Å²) in [4.78, 5) is 0. The van der Waals surface area contributed by atoms with Gasteiger partial charge in [-0.2, -0.15) is 0 Å². The molecule has 0 heterocycles. The summed E-state index contributed by atoms with van der Waals surface area (Å²) < 4.78 is -0.135. The molecule has 0 aliphatic rings. The van der Waals surface area contributed by atoms with Crippen molar-refractivity contribution in [1.82, 2.24) is 0 Å². The number of halogens is 1. The monoisotopic (exact) mass is 298 g/mol. The maximum absolute atomic E-state index is 3.84. The summed E-state index contributed by atoms with van der Waals surface area (Å²) in [6.07, 6.45) is 4.92. The average molecular weight is 298 g/mol. The fourth-order valence-corrected chi connectivity index (χ4v) is 1.67. The molecule has 1 aromatic carbocycles. The Bertz CT molecular complexity index is 314. The van der Waals surface area contributed by atoms with Crippen LogP contribution in [0.2, 0.25) is 0 Å². The fourth-order valence-electron chi connectivity index (χ4n) is 1.31. The first-order valence-electron chi connectivity index (χ1n) is 4.71. The Kier molecular flexibility index (Phi) is 3.93. The van der Waals surface area contributed by atoms with Gasteiger partial charge in [0, 0.05) is 0 Å². The Morgan fingerprint density at radius 1 is 1.21 bits per heavy atom. The van der Waals surface area contributed by atoms with Gasteiger partial charge in [0.05, 0.1) is 3.42 Å². The fraction of sp³-hybridized carbons (Fsp3) is 0.231. The van der Waals surface area contributed by atoms with E-state index in [-0.39, 0.29) is 3.42 Å². The van der Waals surface area contributed by atoms with Gasteiger partial charge in [0.2, 0.25) is 0 Å². The zero-order chi connectivity index (χ0) is 10.6. The minimum Gasteiger partial charge on any atom is -0.101 e. The summed E-state index contributed by atoms with van der Waals surface area (Å²) in [6.45, 7) is 9.85. The van der Waals surface area contributed by atoms with Crippen molar-refractivity contribution >= 4 is 22.6 Å². The zero-order valence-electron chi connectivity index (χ0n) is 8.46. The van der Waals surface area contributed by atoms with Gasteiger partial charge in [-0.05, 0) is 17.5 Å². The first kappa shape index (κ1) is 11.5. The number of benzene rings is 1. The van der Waals surface area contributed by atoms with E-state index in [1.165, 1.54) is 11.1 Å². The summed E-state index contributed by atoms with van der Waals surface area (Å²) in [5.74, 6) is 0. The molecule has 0 N–H and O–H groups in total. The summed E-state index contributed by atoms with van der Waals surface area (Å²) in [5, 5.41) is 0. The lowest BCUT2D eigenvalue weighted by molar-refractivity contribution is 1.04. The van der Waals surface area contributed by atoms with Crippen LogP contribution in [-0.4, -0.2) is 0 Å². The molecule has 0 saturated carbocycles. The van der Waals surface area contributed by atoms with Crippen molar-refractivity contribution in [3.63, 3.8) is 0 Å². The largest absolute Gasteiger partial charge is 0.101 e. The summed E-state index contributed by atoms with van der Waals surface area (Å²) in [5.41, 5.74) is 2.60. The van der Waals surface area contributed by atoms with Crippen LogP contribution in [0.3, 0.4) is 0 Å². The van der Waals surface area contributed by atoms with Gasteiger partial charge in [-0.25, -0.2) is 0 Å². The standard InChI is InChI=1S/C13H15I/c1-4-11-7-9-12(10-8-11)13(14,5-2)6-3/h5-10H,2-4H2,1H3. The SMILES string of the molecule is C=CC(I)(C=C)c1ccc(CC)cc1. The Morgan fingerprint density at radius 2 is 1.71 bits per heavy atom. The highest BCUT2D eigenvalue weighted by molar-refractivity contribution is 14.1. The van der Waals surface area contributed by atoms with E-state index in [0.717, 1.165) is 6.42 Å². The van der Waals surface area contributed by atoms with Crippen LogP contribution in [-0.2, 0) is 9.84 Å². The predicted octanol–water partition coefficient (Wildman–Crippen LogP) is 4.25. The van der Waals surface area contributed by atoms with Gasteiger partial charge in [-0.15, -0.1) is 13.2 Å². The van der Waals surface area contributed by atoms with E-state index in [2.05, 4.69) is 66.9 Å². The molecule has 0 unspecified atom stereocenters. The normalized spacial score (nSPS) is 11.0. The van der Waals surface area contributed by atoms with Gasteiger partial charge in [-0.1, -0.05) is 65.9 Å². The molecule has 1 aromatic rings. The van der Waals surface area contributed by atoms with Gasteiger partial charge in [-0.3, -0.25) is 0 Å². The first-order valence-corrected chi connectivity index (χ1v) is 5.79. The van der Waals surface area contributed by atoms with Crippen LogP contribution in [0.15, 0.2) is 49.6 Å². The van der Waals surface area contributed by atoms with E-state index >= 15 is 0 Å². The third kappa shape index (κ3) is 2.27. The number of alkyl halides is 1. The molecule has 1 rings (SSSR count). The van der Waals surface area contributed by atoms with Crippen LogP contribution >= 0.6 is 22.6 Å². The van der Waals surface area contributed by atoms with E-state index in [1.807, 2.05) is 12.2 Å². The molecule has 0 saturated heterocycles. The van der Waals surface area contributed by atoms with Crippen LogP contribution in [0, 0.1) is 0 Å². The van der Waals surface area contributed by atoms with Crippen molar-refractivity contribution in [3.8, 4) is 0 Å². The highest BCUT2D eigenvalue weighted by Crippen LogP contribution is 2.34. The van der Waals surface area contributed by atoms with Gasteiger partial charge >= 0.3 is 0 Å². The van der Waals surface area contributed by atoms with E-state index in [1.54, 1.807) is 0 Å². The highest BCUT2D eigenvalue weighted by atomic mass is 127. The molecule has 0 amide bonds. The molecule has 0 fully saturated rings. The number of rotatable bonds is 4. The molecule has 0 aliphatic heterocycles. The lowest BCUT2D eigenvalue weighted by atomic mass is 9.98. The molecule has 14 heavy (non-hydrogen) atoms. The van der Waals surface area contributed by atoms with E-state index in [9.17, 15) is 0 Å². The summed E-state index contributed by atoms with van der Waals surface area (Å²) in [6, 6.07) is 8.62. The number of hydrogen-bond donors (Lipinski definition) is 0. The summed E-state index contributed by atoms with van der Waals surface area (Å²) in [7, 11) is 0. The lowest BCUT2D eigenvalue weighted by Gasteiger charge is -2.19. The molecule has 0 atom stereocenters. The minimum atomic E-state index is -0.135. The summed E-state index contributed by atoms with van der Waals surface area (Å²) >= 11 is 2.36. The first-order chi connectivity index (χ1) is 6.66. The van der Waals surface area contributed by atoms with Gasteiger partial charge in [0.15, 0.2) is 0 Å². The Hall–Kier alpha value is -0.570. The topological polar surface area (TPSA) is 0 Å². The second-order valence-corrected chi connectivity index (χ2v) is 5.01. The van der Waals surface area contributed by atoms with Crippen molar-refractivity contribution in [3.05, 3.63) is 60.7 Å². The van der Waals surface area contributed by atoms with Crippen LogP contribution in [0.25, 0.3) is 0 Å². The lowest BCUT2D eigenvalue weighted by Crippen LogP contribution is -2.09. The smallest absolute Gasteiger partial charge is 0.0825 e. The van der Waals surface area contributed by atoms with Crippen molar-refractivity contribution < 1.29 is 0 Å². The van der Waals surface area contributed by atoms with Crippen molar-refractivity contribution in [2.24, 2.45) is 0 Å². The van der Waals surface area contributed by atoms with E-state index < -0.39 is 0 Å². The van der Waals surface area contributed by atoms with Crippen molar-refractivity contribution in [2.75, 3.05) is 0 Å². The number of hydrogen-bond acceptors (Lipinski definition) is 0. The third-order valence-corrected chi connectivity index (χ3v) is 3.90. The molecule has 0 spiro atoms. The number of aryl methyl sites for hydroxylation is 1. The molecule has 0 bridgehead atoms. The Balaban J connectivity index is 3.07. The van der Waals surface area contributed by atoms with E-state index in [4.69, 9.17) is 0 Å². The van der Waals surface area contributed by atoms with Crippen LogP contribution < -0.4 is 0 Å². The quantitative estimate of drug-likeness (QED) is 0.443. The molecular formula is C13H15I. The number of allylic oxidation sites excluding steroid dienone is 2. The van der Waals surface area contributed by atoms with Crippen LogP contribution in [0.1, 0.15) is 18.1 Å². The molecule has 0 radical (unpaired) electrons. The van der Waals surface area contributed by atoms with Crippen molar-refractivity contribution in [1.29, 1.82) is 0 Å². The van der Waals surface area contributed by atoms with Gasteiger partial charge in [0.25, 0.3) is 0 Å². The van der Waals surface area contributed by atoms with Crippen LogP contribution in [0.5, 0.6) is 0 Å². The minimum absolute atomic E-state index is 0.135. The molecule has 0 aliphatic carbocycles. The second kappa shape index (κ2) is 4.78. The molecular weight excluding hydrogens is 283 g/mol. The highest BCUT2D eigenvalue weighted by Gasteiger charge is 2.19. The molecule has 1 heteroatoms. The third-order valence-electron chi connectivity index (χ3n) is 2.40.